The largest absolute Gasteiger partial charge is 0.378 e. The summed E-state index contributed by atoms with van der Waals surface area (Å²) >= 11 is 0. The van der Waals surface area contributed by atoms with Gasteiger partial charge in [-0.1, -0.05) is 0 Å². The fourth-order valence-electron chi connectivity index (χ4n) is 2.78. The van der Waals surface area contributed by atoms with Crippen LogP contribution in [0.5, 0.6) is 0 Å². The predicted molar refractivity (Wildman–Crippen MR) is 85.9 cm³/mol. The first-order chi connectivity index (χ1) is 11.0. The van der Waals surface area contributed by atoms with Crippen LogP contribution in [0, 0.1) is 0 Å². The lowest BCUT2D eigenvalue weighted by molar-refractivity contribution is 0.0303. The normalized spacial score (nSPS) is 15.3. The van der Waals surface area contributed by atoms with Gasteiger partial charge in [-0.05, 0) is 32.0 Å². The average Bonchev–Trinajstić information content (AvgIpc) is 2.54. The van der Waals surface area contributed by atoms with E-state index in [4.69, 9.17) is 4.74 Å². The summed E-state index contributed by atoms with van der Waals surface area (Å²) in [6, 6.07) is 4.57. The molecule has 2 heterocycles. The Hall–Kier alpha value is -2.41. The third-order valence-corrected chi connectivity index (χ3v) is 3.99. The van der Waals surface area contributed by atoms with Crippen molar-refractivity contribution in [1.29, 1.82) is 0 Å². The van der Waals surface area contributed by atoms with Crippen LogP contribution in [0.3, 0.4) is 0 Å². The minimum Gasteiger partial charge on any atom is -0.378 e. The molecule has 7 nitrogen and oxygen atoms in total. The molecule has 0 aliphatic carbocycles. The van der Waals surface area contributed by atoms with Crippen LogP contribution in [-0.4, -0.2) is 46.7 Å². The highest BCUT2D eigenvalue weighted by Gasteiger charge is 2.19. The summed E-state index contributed by atoms with van der Waals surface area (Å²) in [5.41, 5.74) is 0.0327. The molecule has 1 aliphatic heterocycles. The molecular weight excluding hydrogens is 298 g/mol. The summed E-state index contributed by atoms with van der Waals surface area (Å²) in [5.74, 6) is -0.121. The number of nitrogens with one attached hydrogen (secondary N) is 1. The first kappa shape index (κ1) is 15.5. The van der Waals surface area contributed by atoms with Crippen molar-refractivity contribution in [3.8, 4) is 0 Å². The van der Waals surface area contributed by atoms with E-state index in [2.05, 4.69) is 4.98 Å². The van der Waals surface area contributed by atoms with E-state index in [1.807, 2.05) is 0 Å². The number of morpholine rings is 1. The highest BCUT2D eigenvalue weighted by atomic mass is 16.5. The lowest BCUT2D eigenvalue weighted by atomic mass is 10.1. The van der Waals surface area contributed by atoms with Crippen LogP contribution in [0.1, 0.15) is 30.2 Å². The van der Waals surface area contributed by atoms with Crippen LogP contribution in [-0.2, 0) is 4.74 Å². The number of carbonyl (C=O) groups is 1. The summed E-state index contributed by atoms with van der Waals surface area (Å²) in [4.78, 5) is 41.4. The Labute approximate surface area is 132 Å². The van der Waals surface area contributed by atoms with E-state index in [9.17, 15) is 14.4 Å². The Morgan fingerprint density at radius 1 is 1.22 bits per heavy atom. The van der Waals surface area contributed by atoms with Gasteiger partial charge in [0.1, 0.15) is 0 Å². The van der Waals surface area contributed by atoms with Crippen LogP contribution in [0.15, 0.2) is 27.8 Å². The van der Waals surface area contributed by atoms with Gasteiger partial charge < -0.3 is 14.6 Å². The van der Waals surface area contributed by atoms with Crippen molar-refractivity contribution in [2.75, 3.05) is 26.3 Å². The monoisotopic (exact) mass is 317 g/mol. The summed E-state index contributed by atoms with van der Waals surface area (Å²) in [7, 11) is 0. The molecule has 1 aliphatic rings. The number of fused-ring (bicyclic) bond motifs is 1. The van der Waals surface area contributed by atoms with Crippen molar-refractivity contribution < 1.29 is 9.53 Å². The standard InChI is InChI=1S/C16H19N3O4/c1-10(2)19-15(21)12-4-3-11(9-13(12)17-16(19)22)14(20)18-5-7-23-8-6-18/h3-4,9-10H,5-8H2,1-2H3,(H,17,22). The topological polar surface area (TPSA) is 84.4 Å². The molecular formula is C16H19N3O4. The summed E-state index contributed by atoms with van der Waals surface area (Å²) in [6.45, 7) is 5.69. The molecule has 7 heteroatoms. The molecule has 0 radical (unpaired) electrons. The maximum atomic E-state index is 12.5. The van der Waals surface area contributed by atoms with Gasteiger partial charge >= 0.3 is 5.69 Å². The smallest absolute Gasteiger partial charge is 0.329 e. The van der Waals surface area contributed by atoms with Crippen molar-refractivity contribution in [3.63, 3.8) is 0 Å². The predicted octanol–water partition coefficient (Wildman–Crippen LogP) is 0.743. The van der Waals surface area contributed by atoms with Crippen molar-refractivity contribution in [2.45, 2.75) is 19.9 Å². The number of hydrogen-bond acceptors (Lipinski definition) is 4. The second-order valence-corrected chi connectivity index (χ2v) is 5.86. The molecule has 1 amide bonds. The van der Waals surface area contributed by atoms with E-state index in [0.29, 0.717) is 42.8 Å². The van der Waals surface area contributed by atoms with Crippen molar-refractivity contribution in [2.24, 2.45) is 0 Å². The van der Waals surface area contributed by atoms with Gasteiger partial charge in [-0.25, -0.2) is 4.79 Å². The van der Waals surface area contributed by atoms with Crippen LogP contribution in [0.2, 0.25) is 0 Å². The van der Waals surface area contributed by atoms with Gasteiger partial charge in [0, 0.05) is 24.7 Å². The molecule has 1 aromatic carbocycles. The van der Waals surface area contributed by atoms with Gasteiger partial charge in [0.05, 0.1) is 24.1 Å². The molecule has 0 atom stereocenters. The van der Waals surface area contributed by atoms with Crippen molar-refractivity contribution in [3.05, 3.63) is 44.6 Å². The molecule has 2 aromatic rings. The van der Waals surface area contributed by atoms with E-state index in [-0.39, 0.29) is 17.5 Å². The van der Waals surface area contributed by atoms with Gasteiger partial charge in [0.15, 0.2) is 0 Å². The first-order valence-corrected chi connectivity index (χ1v) is 7.64. The number of benzene rings is 1. The molecule has 1 aromatic heterocycles. The zero-order valence-corrected chi connectivity index (χ0v) is 13.2. The average molecular weight is 317 g/mol. The van der Waals surface area contributed by atoms with Crippen LogP contribution in [0.4, 0.5) is 0 Å². The minimum atomic E-state index is -0.464. The molecule has 0 spiro atoms. The highest BCUT2D eigenvalue weighted by Crippen LogP contribution is 2.13. The fraction of sp³-hybridized carbons (Fsp3) is 0.438. The molecule has 0 saturated carbocycles. The SMILES string of the molecule is CC(C)n1c(=O)[nH]c2cc(C(=O)N3CCOCC3)ccc2c1=O. The minimum absolute atomic E-state index is 0.121. The molecule has 1 N–H and O–H groups in total. The summed E-state index contributed by atoms with van der Waals surface area (Å²) in [5, 5.41) is 0.400. The number of carbonyl (C=O) groups excluding carboxylic acids is 1. The highest BCUT2D eigenvalue weighted by molar-refractivity contribution is 5.97. The maximum Gasteiger partial charge on any atom is 0.329 e. The van der Waals surface area contributed by atoms with Gasteiger partial charge in [0.2, 0.25) is 0 Å². The molecule has 0 bridgehead atoms. The number of aromatic amines is 1. The van der Waals surface area contributed by atoms with Gasteiger partial charge in [-0.3, -0.25) is 14.2 Å². The van der Waals surface area contributed by atoms with E-state index < -0.39 is 5.69 Å². The molecule has 3 rings (SSSR count). The maximum absolute atomic E-state index is 12.5. The number of aromatic nitrogens is 2. The second kappa shape index (κ2) is 6.00. The van der Waals surface area contributed by atoms with Gasteiger partial charge in [-0.15, -0.1) is 0 Å². The fourth-order valence-corrected chi connectivity index (χ4v) is 2.78. The Kier molecular flexibility index (Phi) is 4.04. The molecule has 0 unspecified atom stereocenters. The van der Waals surface area contributed by atoms with Gasteiger partial charge in [0.25, 0.3) is 11.5 Å². The Morgan fingerprint density at radius 3 is 2.57 bits per heavy atom. The number of hydrogen-bond donors (Lipinski definition) is 1. The van der Waals surface area contributed by atoms with Crippen molar-refractivity contribution in [1.82, 2.24) is 14.5 Å². The zero-order chi connectivity index (χ0) is 16.6. The summed E-state index contributed by atoms with van der Waals surface area (Å²) < 4.78 is 6.41. The van der Waals surface area contributed by atoms with Crippen molar-refractivity contribution >= 4 is 16.8 Å². The quantitative estimate of drug-likeness (QED) is 0.885. The Morgan fingerprint density at radius 2 is 1.91 bits per heavy atom. The van der Waals surface area contributed by atoms with Crippen LogP contribution in [0.25, 0.3) is 10.9 Å². The van der Waals surface area contributed by atoms with Crippen LogP contribution < -0.4 is 11.2 Å². The molecule has 122 valence electrons. The second-order valence-electron chi connectivity index (χ2n) is 5.86. The number of H-pyrrole nitrogens is 1. The van der Waals surface area contributed by atoms with E-state index in [1.165, 1.54) is 4.57 Å². The molecule has 23 heavy (non-hydrogen) atoms. The number of amides is 1. The zero-order valence-electron chi connectivity index (χ0n) is 13.2. The van der Waals surface area contributed by atoms with Gasteiger partial charge in [-0.2, -0.15) is 0 Å². The summed E-state index contributed by atoms with van der Waals surface area (Å²) in [6.07, 6.45) is 0. The Bertz CT molecular complexity index is 860. The number of rotatable bonds is 2. The first-order valence-electron chi connectivity index (χ1n) is 7.64. The Balaban J connectivity index is 2.06. The third-order valence-electron chi connectivity index (χ3n) is 3.99. The van der Waals surface area contributed by atoms with Crippen LogP contribution >= 0.6 is 0 Å². The van der Waals surface area contributed by atoms with E-state index >= 15 is 0 Å². The number of nitrogens with zero attached hydrogens (tertiary/aromatic N) is 2. The lowest BCUT2D eigenvalue weighted by Crippen LogP contribution is -2.40. The van der Waals surface area contributed by atoms with E-state index in [1.54, 1.807) is 36.9 Å². The number of ether oxygens (including phenoxy) is 1. The third kappa shape index (κ3) is 2.79. The molecule has 1 saturated heterocycles. The lowest BCUT2D eigenvalue weighted by Gasteiger charge is -2.26. The molecule has 1 fully saturated rings. The van der Waals surface area contributed by atoms with E-state index in [0.717, 1.165) is 0 Å².